The Morgan fingerprint density at radius 3 is 2.25 bits per heavy atom. The van der Waals surface area contributed by atoms with E-state index in [2.05, 4.69) is 5.32 Å². The van der Waals surface area contributed by atoms with Gasteiger partial charge in [-0.1, -0.05) is 54.6 Å². The summed E-state index contributed by atoms with van der Waals surface area (Å²) in [6.45, 7) is 3.53. The van der Waals surface area contributed by atoms with Crippen LogP contribution in [0.25, 0.3) is 0 Å². The van der Waals surface area contributed by atoms with Gasteiger partial charge in [-0.15, -0.1) is 0 Å². The highest BCUT2D eigenvalue weighted by molar-refractivity contribution is 5.28. The van der Waals surface area contributed by atoms with Gasteiger partial charge in [-0.3, -0.25) is 0 Å². The van der Waals surface area contributed by atoms with Crippen molar-refractivity contribution in [3.05, 3.63) is 71.3 Å². The average Bonchev–Trinajstić information content (AvgIpc) is 2.46. The second-order valence-electron chi connectivity index (χ2n) is 5.03. The van der Waals surface area contributed by atoms with Crippen molar-refractivity contribution in [1.82, 2.24) is 5.32 Å². The summed E-state index contributed by atoms with van der Waals surface area (Å²) in [5, 5.41) is 2.93. The highest BCUT2D eigenvalue weighted by Gasteiger charge is 2.31. The largest absolute Gasteiger partial charge is 0.304 e. The maximum atomic E-state index is 14.1. The summed E-state index contributed by atoms with van der Waals surface area (Å²) < 4.78 is 28.1. The molecule has 0 unspecified atom stereocenters. The zero-order valence-corrected chi connectivity index (χ0v) is 11.7. The van der Waals surface area contributed by atoms with Gasteiger partial charge in [-0.2, -0.15) is 8.78 Å². The number of hydrogen-bond donors (Lipinski definition) is 1. The van der Waals surface area contributed by atoms with Crippen LogP contribution in [0.5, 0.6) is 0 Å². The van der Waals surface area contributed by atoms with Gasteiger partial charge in [0.15, 0.2) is 0 Å². The molecule has 2 aromatic carbocycles. The van der Waals surface area contributed by atoms with E-state index in [4.69, 9.17) is 0 Å². The molecule has 3 heteroatoms. The van der Waals surface area contributed by atoms with E-state index >= 15 is 0 Å². The summed E-state index contributed by atoms with van der Waals surface area (Å²) in [5.41, 5.74) is 2.20. The topological polar surface area (TPSA) is 12.0 Å². The number of alkyl halides is 2. The average molecular weight is 275 g/mol. The van der Waals surface area contributed by atoms with Gasteiger partial charge < -0.3 is 5.32 Å². The molecule has 0 saturated heterocycles. The normalized spacial score (nSPS) is 13.2. The highest BCUT2D eigenvalue weighted by Crippen LogP contribution is 2.28. The Bertz CT molecular complexity index is 552. The van der Waals surface area contributed by atoms with Crippen molar-refractivity contribution in [2.75, 3.05) is 6.54 Å². The Kier molecular flexibility index (Phi) is 4.50. The number of halogens is 2. The first-order chi connectivity index (χ1) is 9.50. The maximum absolute atomic E-state index is 14.1. The van der Waals surface area contributed by atoms with Crippen molar-refractivity contribution in [3.8, 4) is 0 Å². The molecule has 0 aliphatic carbocycles. The van der Waals surface area contributed by atoms with Gasteiger partial charge in [0.05, 0.1) is 6.54 Å². The third-order valence-electron chi connectivity index (χ3n) is 3.48. The number of hydrogen-bond acceptors (Lipinski definition) is 1. The molecule has 0 aliphatic heterocycles. The third kappa shape index (κ3) is 3.42. The van der Waals surface area contributed by atoms with Crippen molar-refractivity contribution >= 4 is 0 Å². The van der Waals surface area contributed by atoms with Crippen LogP contribution in [-0.2, 0) is 5.92 Å². The van der Waals surface area contributed by atoms with Crippen molar-refractivity contribution in [2.24, 2.45) is 0 Å². The summed E-state index contributed by atoms with van der Waals surface area (Å²) >= 11 is 0. The number of nitrogens with one attached hydrogen (secondary N) is 1. The highest BCUT2D eigenvalue weighted by atomic mass is 19.3. The van der Waals surface area contributed by atoms with Crippen LogP contribution >= 0.6 is 0 Å². The fourth-order valence-corrected chi connectivity index (χ4v) is 2.25. The molecule has 0 heterocycles. The van der Waals surface area contributed by atoms with E-state index in [9.17, 15) is 8.78 Å². The van der Waals surface area contributed by atoms with Crippen molar-refractivity contribution in [2.45, 2.75) is 25.8 Å². The predicted molar refractivity (Wildman–Crippen MR) is 77.9 cm³/mol. The SMILES string of the molecule is Cc1ccccc1[C@@H](C)NCC(F)(F)c1ccccc1. The minimum Gasteiger partial charge on any atom is -0.304 e. The van der Waals surface area contributed by atoms with Gasteiger partial charge in [0.2, 0.25) is 0 Å². The summed E-state index contributed by atoms with van der Waals surface area (Å²) in [6.07, 6.45) is 0. The summed E-state index contributed by atoms with van der Waals surface area (Å²) in [7, 11) is 0. The third-order valence-corrected chi connectivity index (χ3v) is 3.48. The molecule has 0 aromatic heterocycles. The van der Waals surface area contributed by atoms with Gasteiger partial charge in [0.1, 0.15) is 0 Å². The Morgan fingerprint density at radius 1 is 1.00 bits per heavy atom. The molecule has 0 fully saturated rings. The number of benzene rings is 2. The number of rotatable bonds is 5. The van der Waals surface area contributed by atoms with E-state index < -0.39 is 5.92 Å². The van der Waals surface area contributed by atoms with Crippen molar-refractivity contribution in [3.63, 3.8) is 0 Å². The lowest BCUT2D eigenvalue weighted by atomic mass is 10.0. The lowest BCUT2D eigenvalue weighted by molar-refractivity contribution is -0.00535. The second kappa shape index (κ2) is 6.14. The van der Waals surface area contributed by atoms with Crippen LogP contribution in [0.4, 0.5) is 8.78 Å². The van der Waals surface area contributed by atoms with E-state index in [-0.39, 0.29) is 18.2 Å². The molecule has 1 atom stereocenters. The molecule has 1 nitrogen and oxygen atoms in total. The standard InChI is InChI=1S/C17H19F2N/c1-13-8-6-7-11-16(13)14(2)20-12-17(18,19)15-9-4-3-5-10-15/h3-11,14,20H,12H2,1-2H3/t14-/m1/s1. The van der Waals surface area contributed by atoms with Crippen molar-refractivity contribution < 1.29 is 8.78 Å². The van der Waals surface area contributed by atoms with E-state index in [1.165, 1.54) is 12.1 Å². The molecule has 0 saturated carbocycles. The van der Waals surface area contributed by atoms with E-state index in [1.54, 1.807) is 18.2 Å². The Labute approximate surface area is 118 Å². The molecule has 0 bridgehead atoms. The smallest absolute Gasteiger partial charge is 0.285 e. The first-order valence-corrected chi connectivity index (χ1v) is 6.73. The van der Waals surface area contributed by atoms with Gasteiger partial charge in [-0.25, -0.2) is 0 Å². The van der Waals surface area contributed by atoms with Gasteiger partial charge in [0, 0.05) is 11.6 Å². The van der Waals surface area contributed by atoms with Gasteiger partial charge in [0.25, 0.3) is 5.92 Å². The fourth-order valence-electron chi connectivity index (χ4n) is 2.25. The van der Waals surface area contributed by atoms with Gasteiger partial charge >= 0.3 is 0 Å². The maximum Gasteiger partial charge on any atom is 0.285 e. The molecular weight excluding hydrogens is 256 g/mol. The van der Waals surface area contributed by atoms with Crippen molar-refractivity contribution in [1.29, 1.82) is 0 Å². The molecular formula is C17H19F2N. The summed E-state index contributed by atoms with van der Waals surface area (Å²) in [4.78, 5) is 0. The minimum absolute atomic E-state index is 0.0458. The monoisotopic (exact) mass is 275 g/mol. The Morgan fingerprint density at radius 2 is 1.60 bits per heavy atom. The zero-order valence-electron chi connectivity index (χ0n) is 11.7. The van der Waals surface area contributed by atoms with Crippen LogP contribution in [0, 0.1) is 6.92 Å². The van der Waals surface area contributed by atoms with E-state index in [1.807, 2.05) is 38.1 Å². The zero-order chi connectivity index (χ0) is 14.6. The molecule has 0 radical (unpaired) electrons. The molecule has 0 amide bonds. The first kappa shape index (κ1) is 14.7. The van der Waals surface area contributed by atoms with Crippen LogP contribution in [-0.4, -0.2) is 6.54 Å². The number of aryl methyl sites for hydroxylation is 1. The predicted octanol–water partition coefficient (Wildman–Crippen LogP) is 4.44. The van der Waals surface area contributed by atoms with E-state index in [0.717, 1.165) is 11.1 Å². The Hall–Kier alpha value is -1.74. The van der Waals surface area contributed by atoms with Crippen LogP contribution < -0.4 is 5.32 Å². The second-order valence-corrected chi connectivity index (χ2v) is 5.03. The van der Waals surface area contributed by atoms with E-state index in [0.29, 0.717) is 0 Å². The molecule has 0 aliphatic rings. The molecule has 20 heavy (non-hydrogen) atoms. The van der Waals surface area contributed by atoms with Crippen LogP contribution in [0.1, 0.15) is 29.7 Å². The lowest BCUT2D eigenvalue weighted by Crippen LogP contribution is -2.32. The fraction of sp³-hybridized carbons (Fsp3) is 0.294. The first-order valence-electron chi connectivity index (χ1n) is 6.73. The quantitative estimate of drug-likeness (QED) is 0.850. The Balaban J connectivity index is 2.03. The molecule has 0 spiro atoms. The lowest BCUT2D eigenvalue weighted by Gasteiger charge is -2.22. The van der Waals surface area contributed by atoms with Crippen LogP contribution in [0.3, 0.4) is 0 Å². The molecule has 1 N–H and O–H groups in total. The van der Waals surface area contributed by atoms with Crippen LogP contribution in [0.2, 0.25) is 0 Å². The molecule has 106 valence electrons. The van der Waals surface area contributed by atoms with Crippen LogP contribution in [0.15, 0.2) is 54.6 Å². The minimum atomic E-state index is -2.86. The summed E-state index contributed by atoms with van der Waals surface area (Å²) in [6, 6.07) is 15.6. The summed E-state index contributed by atoms with van der Waals surface area (Å²) in [5.74, 6) is -2.86. The molecule has 2 aromatic rings. The van der Waals surface area contributed by atoms with Gasteiger partial charge in [-0.05, 0) is 25.0 Å². The molecule has 2 rings (SSSR count).